The van der Waals surface area contributed by atoms with Gasteiger partial charge in [-0.3, -0.25) is 0 Å². The summed E-state index contributed by atoms with van der Waals surface area (Å²) in [4.78, 5) is 4.36. The maximum Gasteiger partial charge on any atom is 0.203 e. The Morgan fingerprint density at radius 2 is 2.53 bits per heavy atom. The van der Waals surface area contributed by atoms with Gasteiger partial charge in [0.15, 0.2) is 0 Å². The third-order valence-electron chi connectivity index (χ3n) is 3.58. The van der Waals surface area contributed by atoms with Gasteiger partial charge in [0.1, 0.15) is 5.60 Å². The van der Waals surface area contributed by atoms with Crippen LogP contribution in [0.2, 0.25) is 0 Å². The second-order valence-electron chi connectivity index (χ2n) is 4.99. The van der Waals surface area contributed by atoms with Crippen molar-refractivity contribution in [3.63, 3.8) is 0 Å². The number of nitrogens with zero attached hydrogens (tertiary/aromatic N) is 2. The van der Waals surface area contributed by atoms with Gasteiger partial charge < -0.3 is 19.4 Å². The lowest BCUT2D eigenvalue weighted by Gasteiger charge is -2.26. The summed E-state index contributed by atoms with van der Waals surface area (Å²) in [6, 6.07) is 0.620. The average molecular weight is 237 g/mol. The zero-order chi connectivity index (χ0) is 11.7. The van der Waals surface area contributed by atoms with Crippen LogP contribution in [0.5, 0.6) is 0 Å². The predicted molar refractivity (Wildman–Crippen MR) is 64.0 cm³/mol. The van der Waals surface area contributed by atoms with Gasteiger partial charge in [-0.25, -0.2) is 4.98 Å². The molecule has 1 saturated heterocycles. The van der Waals surface area contributed by atoms with E-state index in [-0.39, 0.29) is 5.60 Å². The van der Waals surface area contributed by atoms with Crippen LogP contribution in [-0.2, 0) is 16.0 Å². The lowest BCUT2D eigenvalue weighted by atomic mass is 10.0. The van der Waals surface area contributed by atoms with Crippen LogP contribution in [0.15, 0.2) is 12.4 Å². The van der Waals surface area contributed by atoms with Gasteiger partial charge >= 0.3 is 0 Å². The van der Waals surface area contributed by atoms with Gasteiger partial charge in [-0.15, -0.1) is 0 Å². The molecular weight excluding hydrogens is 218 g/mol. The Hall–Kier alpha value is -1.07. The SMILES string of the molecule is COC1(Cn2ccnc2NC2CC2)CCOC1. The third kappa shape index (κ3) is 2.30. The summed E-state index contributed by atoms with van der Waals surface area (Å²) < 4.78 is 13.2. The highest BCUT2D eigenvalue weighted by Gasteiger charge is 2.36. The highest BCUT2D eigenvalue weighted by molar-refractivity contribution is 5.30. The minimum atomic E-state index is -0.180. The number of aromatic nitrogens is 2. The van der Waals surface area contributed by atoms with E-state index < -0.39 is 0 Å². The summed E-state index contributed by atoms with van der Waals surface area (Å²) in [5.41, 5.74) is -0.180. The molecule has 3 rings (SSSR count). The Morgan fingerprint density at radius 3 is 3.18 bits per heavy atom. The van der Waals surface area contributed by atoms with Crippen LogP contribution in [-0.4, -0.2) is 41.5 Å². The first kappa shape index (κ1) is 11.0. The molecule has 5 nitrogen and oxygen atoms in total. The largest absolute Gasteiger partial charge is 0.378 e. The smallest absolute Gasteiger partial charge is 0.203 e. The van der Waals surface area contributed by atoms with Crippen molar-refractivity contribution in [2.24, 2.45) is 0 Å². The van der Waals surface area contributed by atoms with Gasteiger partial charge in [0, 0.05) is 38.6 Å². The first-order valence-corrected chi connectivity index (χ1v) is 6.22. The monoisotopic (exact) mass is 237 g/mol. The molecule has 1 aliphatic heterocycles. The molecule has 0 spiro atoms. The summed E-state index contributed by atoms with van der Waals surface area (Å²) in [7, 11) is 1.76. The van der Waals surface area contributed by atoms with Crippen LogP contribution >= 0.6 is 0 Å². The molecule has 17 heavy (non-hydrogen) atoms. The van der Waals surface area contributed by atoms with E-state index in [4.69, 9.17) is 9.47 Å². The molecule has 0 aromatic carbocycles. The molecule has 1 aromatic rings. The summed E-state index contributed by atoms with van der Waals surface area (Å²) in [6.45, 7) is 2.26. The zero-order valence-corrected chi connectivity index (χ0v) is 10.2. The summed E-state index contributed by atoms with van der Waals surface area (Å²) in [5, 5.41) is 3.44. The molecule has 1 N–H and O–H groups in total. The summed E-state index contributed by atoms with van der Waals surface area (Å²) in [6.07, 6.45) is 7.30. The maximum absolute atomic E-state index is 5.65. The first-order valence-electron chi connectivity index (χ1n) is 6.22. The van der Waals surface area contributed by atoms with Gasteiger partial charge in [0.2, 0.25) is 5.95 Å². The van der Waals surface area contributed by atoms with Crippen molar-refractivity contribution in [3.8, 4) is 0 Å². The van der Waals surface area contributed by atoms with E-state index in [1.54, 1.807) is 7.11 Å². The Morgan fingerprint density at radius 1 is 1.65 bits per heavy atom. The van der Waals surface area contributed by atoms with Crippen molar-refractivity contribution in [3.05, 3.63) is 12.4 Å². The number of rotatable bonds is 5. The second kappa shape index (κ2) is 4.31. The van der Waals surface area contributed by atoms with Gasteiger partial charge in [0.05, 0.1) is 13.2 Å². The van der Waals surface area contributed by atoms with Gasteiger partial charge in [-0.2, -0.15) is 0 Å². The number of methoxy groups -OCH3 is 1. The number of anilines is 1. The van der Waals surface area contributed by atoms with Crippen molar-refractivity contribution in [1.29, 1.82) is 0 Å². The molecule has 94 valence electrons. The molecule has 2 heterocycles. The van der Waals surface area contributed by atoms with Gasteiger partial charge in [-0.05, 0) is 12.8 Å². The van der Waals surface area contributed by atoms with Gasteiger partial charge in [0.25, 0.3) is 0 Å². The number of imidazole rings is 1. The van der Waals surface area contributed by atoms with Crippen molar-refractivity contribution < 1.29 is 9.47 Å². The molecule has 1 unspecified atom stereocenters. The Labute approximate surface area is 101 Å². The Balaban J connectivity index is 1.72. The van der Waals surface area contributed by atoms with Crippen LogP contribution in [0.1, 0.15) is 19.3 Å². The number of hydrogen-bond donors (Lipinski definition) is 1. The molecule has 2 aliphatic rings. The van der Waals surface area contributed by atoms with Crippen molar-refractivity contribution in [2.75, 3.05) is 25.6 Å². The van der Waals surface area contributed by atoms with E-state index in [1.165, 1.54) is 12.8 Å². The Kier molecular flexibility index (Phi) is 2.80. The molecule has 1 atom stereocenters. The van der Waals surface area contributed by atoms with Crippen LogP contribution < -0.4 is 5.32 Å². The van der Waals surface area contributed by atoms with E-state index in [9.17, 15) is 0 Å². The van der Waals surface area contributed by atoms with Crippen LogP contribution in [0, 0.1) is 0 Å². The molecule has 1 saturated carbocycles. The predicted octanol–water partition coefficient (Wildman–Crippen LogP) is 1.26. The van der Waals surface area contributed by atoms with E-state index in [1.807, 2.05) is 12.4 Å². The van der Waals surface area contributed by atoms with E-state index in [0.717, 1.165) is 25.5 Å². The average Bonchev–Trinajstić information content (AvgIpc) is 2.87. The van der Waals surface area contributed by atoms with Crippen LogP contribution in [0.4, 0.5) is 5.95 Å². The first-order chi connectivity index (χ1) is 8.31. The lowest BCUT2D eigenvalue weighted by Crippen LogP contribution is -2.37. The topological polar surface area (TPSA) is 48.3 Å². The fraction of sp³-hybridized carbons (Fsp3) is 0.750. The minimum absolute atomic E-state index is 0.180. The fourth-order valence-corrected chi connectivity index (χ4v) is 2.24. The highest BCUT2D eigenvalue weighted by atomic mass is 16.5. The molecule has 0 bridgehead atoms. The van der Waals surface area contributed by atoms with Crippen molar-refractivity contribution in [2.45, 2.75) is 37.5 Å². The van der Waals surface area contributed by atoms with E-state index >= 15 is 0 Å². The normalized spacial score (nSPS) is 28.5. The van der Waals surface area contributed by atoms with Crippen molar-refractivity contribution in [1.82, 2.24) is 9.55 Å². The molecule has 0 amide bonds. The standard InChI is InChI=1S/C12H19N3O2/c1-16-12(4-7-17-9-12)8-15-6-5-13-11(15)14-10-2-3-10/h5-6,10H,2-4,7-9H2,1H3,(H,13,14). The van der Waals surface area contributed by atoms with Crippen molar-refractivity contribution >= 4 is 5.95 Å². The Bertz CT molecular complexity index is 381. The minimum Gasteiger partial charge on any atom is -0.378 e. The lowest BCUT2D eigenvalue weighted by molar-refractivity contribution is -0.0291. The summed E-state index contributed by atoms with van der Waals surface area (Å²) >= 11 is 0. The number of ether oxygens (including phenoxy) is 2. The molecule has 1 aromatic heterocycles. The fourth-order valence-electron chi connectivity index (χ4n) is 2.24. The summed E-state index contributed by atoms with van der Waals surface area (Å²) in [5.74, 6) is 0.954. The van der Waals surface area contributed by atoms with Crippen LogP contribution in [0.25, 0.3) is 0 Å². The molecule has 2 fully saturated rings. The quantitative estimate of drug-likeness (QED) is 0.837. The molecule has 0 radical (unpaired) electrons. The molecule has 5 heteroatoms. The zero-order valence-electron chi connectivity index (χ0n) is 10.2. The van der Waals surface area contributed by atoms with E-state index in [2.05, 4.69) is 14.9 Å². The molecular formula is C12H19N3O2. The van der Waals surface area contributed by atoms with Crippen LogP contribution in [0.3, 0.4) is 0 Å². The number of nitrogens with one attached hydrogen (secondary N) is 1. The van der Waals surface area contributed by atoms with Gasteiger partial charge in [-0.1, -0.05) is 0 Å². The maximum atomic E-state index is 5.65. The highest BCUT2D eigenvalue weighted by Crippen LogP contribution is 2.28. The van der Waals surface area contributed by atoms with E-state index in [0.29, 0.717) is 12.6 Å². The molecule has 1 aliphatic carbocycles. The number of hydrogen-bond acceptors (Lipinski definition) is 4. The third-order valence-corrected chi connectivity index (χ3v) is 3.58. The second-order valence-corrected chi connectivity index (χ2v) is 4.99.